The number of ether oxygens (including phenoxy) is 2. The maximum Gasteiger partial charge on any atom is 0.573 e. The summed E-state index contributed by atoms with van der Waals surface area (Å²) in [6, 6.07) is 14.8. The third-order valence-electron chi connectivity index (χ3n) is 3.36. The number of benzene rings is 2. The first-order valence-electron chi connectivity index (χ1n) is 7.60. The van der Waals surface area contributed by atoms with E-state index in [-0.39, 0.29) is 36.8 Å². The molecular formula is C18H18F3NO3. The number of halogens is 3. The van der Waals surface area contributed by atoms with E-state index in [2.05, 4.69) is 4.74 Å². The van der Waals surface area contributed by atoms with Gasteiger partial charge in [0.25, 0.3) is 0 Å². The largest absolute Gasteiger partial charge is 0.573 e. The molecule has 0 atom stereocenters. The van der Waals surface area contributed by atoms with Crippen LogP contribution in [0.2, 0.25) is 0 Å². The molecule has 0 aliphatic carbocycles. The highest BCUT2D eigenvalue weighted by atomic mass is 19.4. The molecule has 0 bridgehead atoms. The number of hydrogen-bond donors (Lipinski definition) is 0. The van der Waals surface area contributed by atoms with Gasteiger partial charge in [-0.3, -0.25) is 4.79 Å². The fourth-order valence-electron chi connectivity index (χ4n) is 2.17. The van der Waals surface area contributed by atoms with Crippen LogP contribution in [0.25, 0.3) is 0 Å². The van der Waals surface area contributed by atoms with Gasteiger partial charge in [-0.05, 0) is 18.2 Å². The lowest BCUT2D eigenvalue weighted by Crippen LogP contribution is -2.28. The van der Waals surface area contributed by atoms with Crippen LogP contribution in [0.3, 0.4) is 0 Å². The maximum atomic E-state index is 12.4. The second kappa shape index (κ2) is 8.41. The zero-order valence-corrected chi connectivity index (χ0v) is 13.6. The summed E-state index contributed by atoms with van der Waals surface area (Å²) >= 11 is 0. The zero-order valence-electron chi connectivity index (χ0n) is 13.6. The Kier molecular flexibility index (Phi) is 6.27. The number of alkyl halides is 3. The number of nitrogens with zero attached hydrogens (tertiary/aromatic N) is 1. The number of carbonyl (C=O) groups excluding carboxylic acids is 1. The van der Waals surface area contributed by atoms with E-state index < -0.39 is 6.36 Å². The highest BCUT2D eigenvalue weighted by Gasteiger charge is 2.32. The Morgan fingerprint density at radius 2 is 1.68 bits per heavy atom. The Labute approximate surface area is 143 Å². The first-order valence-corrected chi connectivity index (χ1v) is 7.60. The third kappa shape index (κ3) is 6.37. The van der Waals surface area contributed by atoms with Crippen LogP contribution in [0.4, 0.5) is 13.2 Å². The minimum Gasteiger partial charge on any atom is -0.493 e. The molecule has 0 N–H and O–H groups in total. The standard InChI is InChI=1S/C18H18F3NO3/c1-22(17(23)11-12-24-15-8-3-2-4-9-15)13-14-7-5-6-10-16(14)25-18(19,20)21/h2-10H,11-13H2,1H3. The van der Waals surface area contributed by atoms with Gasteiger partial charge in [0.15, 0.2) is 0 Å². The van der Waals surface area contributed by atoms with Gasteiger partial charge in [0, 0.05) is 19.2 Å². The lowest BCUT2D eigenvalue weighted by atomic mass is 10.2. The number of hydrogen-bond acceptors (Lipinski definition) is 3. The van der Waals surface area contributed by atoms with E-state index >= 15 is 0 Å². The molecule has 134 valence electrons. The fourth-order valence-corrected chi connectivity index (χ4v) is 2.17. The highest BCUT2D eigenvalue weighted by Crippen LogP contribution is 2.27. The predicted molar refractivity (Wildman–Crippen MR) is 86.2 cm³/mol. The van der Waals surface area contributed by atoms with Crippen molar-refractivity contribution in [3.8, 4) is 11.5 Å². The predicted octanol–water partition coefficient (Wildman–Crippen LogP) is 4.01. The SMILES string of the molecule is CN(Cc1ccccc1OC(F)(F)F)C(=O)CCOc1ccccc1. The molecule has 4 nitrogen and oxygen atoms in total. The summed E-state index contributed by atoms with van der Waals surface area (Å²) in [5, 5.41) is 0. The highest BCUT2D eigenvalue weighted by molar-refractivity contribution is 5.76. The van der Waals surface area contributed by atoms with Crippen LogP contribution in [-0.2, 0) is 11.3 Å². The Balaban J connectivity index is 1.88. The molecule has 0 heterocycles. The third-order valence-corrected chi connectivity index (χ3v) is 3.36. The second-order valence-corrected chi connectivity index (χ2v) is 5.32. The van der Waals surface area contributed by atoms with Crippen molar-refractivity contribution in [1.82, 2.24) is 4.90 Å². The van der Waals surface area contributed by atoms with Crippen LogP contribution in [0, 0.1) is 0 Å². The van der Waals surface area contributed by atoms with Gasteiger partial charge in [-0.2, -0.15) is 0 Å². The Morgan fingerprint density at radius 3 is 2.36 bits per heavy atom. The first kappa shape index (κ1) is 18.6. The fraction of sp³-hybridized carbons (Fsp3) is 0.278. The summed E-state index contributed by atoms with van der Waals surface area (Å²) in [4.78, 5) is 13.5. The molecule has 2 aromatic rings. The van der Waals surface area contributed by atoms with Gasteiger partial charge in [0.2, 0.25) is 5.91 Å². The molecule has 0 unspecified atom stereocenters. The van der Waals surface area contributed by atoms with Gasteiger partial charge in [-0.1, -0.05) is 36.4 Å². The van der Waals surface area contributed by atoms with Crippen molar-refractivity contribution >= 4 is 5.91 Å². The van der Waals surface area contributed by atoms with Gasteiger partial charge >= 0.3 is 6.36 Å². The molecule has 0 saturated carbocycles. The summed E-state index contributed by atoms with van der Waals surface area (Å²) < 4.78 is 46.7. The van der Waals surface area contributed by atoms with E-state index in [1.165, 1.54) is 30.1 Å². The van der Waals surface area contributed by atoms with Crippen LogP contribution in [0.15, 0.2) is 54.6 Å². The van der Waals surface area contributed by atoms with E-state index in [1.807, 2.05) is 18.2 Å². The molecule has 0 radical (unpaired) electrons. The molecular weight excluding hydrogens is 335 g/mol. The van der Waals surface area contributed by atoms with Crippen LogP contribution in [0.5, 0.6) is 11.5 Å². The van der Waals surface area contributed by atoms with Gasteiger partial charge < -0.3 is 14.4 Å². The lowest BCUT2D eigenvalue weighted by Gasteiger charge is -2.20. The van der Waals surface area contributed by atoms with Crippen LogP contribution >= 0.6 is 0 Å². The molecule has 0 aliphatic heterocycles. The van der Waals surface area contributed by atoms with E-state index in [1.54, 1.807) is 18.2 Å². The minimum absolute atomic E-state index is 0.0103. The van der Waals surface area contributed by atoms with Crippen molar-refractivity contribution < 1.29 is 27.4 Å². The van der Waals surface area contributed by atoms with Crippen molar-refractivity contribution in [2.45, 2.75) is 19.3 Å². The molecule has 0 aliphatic rings. The smallest absolute Gasteiger partial charge is 0.493 e. The van der Waals surface area contributed by atoms with Gasteiger partial charge in [0.1, 0.15) is 11.5 Å². The monoisotopic (exact) mass is 353 g/mol. The van der Waals surface area contributed by atoms with E-state index in [0.717, 1.165) is 0 Å². The van der Waals surface area contributed by atoms with Crippen LogP contribution < -0.4 is 9.47 Å². The number of carbonyl (C=O) groups is 1. The Morgan fingerprint density at radius 1 is 1.04 bits per heavy atom. The van der Waals surface area contributed by atoms with Crippen LogP contribution in [-0.4, -0.2) is 30.8 Å². The second-order valence-electron chi connectivity index (χ2n) is 5.32. The molecule has 2 aromatic carbocycles. The first-order chi connectivity index (χ1) is 11.8. The molecule has 0 fully saturated rings. The minimum atomic E-state index is -4.78. The molecule has 0 aromatic heterocycles. The molecule has 2 rings (SSSR count). The summed E-state index contributed by atoms with van der Waals surface area (Å²) in [6.45, 7) is 0.199. The Hall–Kier alpha value is -2.70. The van der Waals surface area contributed by atoms with Gasteiger partial charge in [0.05, 0.1) is 13.0 Å². The Bertz CT molecular complexity index is 689. The van der Waals surface area contributed by atoms with Crippen molar-refractivity contribution in [2.75, 3.05) is 13.7 Å². The van der Waals surface area contributed by atoms with Crippen molar-refractivity contribution in [2.24, 2.45) is 0 Å². The molecule has 7 heteroatoms. The summed E-state index contributed by atoms with van der Waals surface area (Å²) in [5.74, 6) is 0.106. The van der Waals surface area contributed by atoms with Crippen molar-refractivity contribution in [3.63, 3.8) is 0 Å². The van der Waals surface area contributed by atoms with Crippen LogP contribution in [0.1, 0.15) is 12.0 Å². The van der Waals surface area contributed by atoms with Gasteiger partial charge in [-0.25, -0.2) is 0 Å². The molecule has 0 saturated heterocycles. The average Bonchev–Trinajstić information content (AvgIpc) is 2.56. The van der Waals surface area contributed by atoms with E-state index in [9.17, 15) is 18.0 Å². The summed E-state index contributed by atoms with van der Waals surface area (Å²) in [6.07, 6.45) is -4.66. The van der Waals surface area contributed by atoms with Crippen molar-refractivity contribution in [1.29, 1.82) is 0 Å². The van der Waals surface area contributed by atoms with Crippen molar-refractivity contribution in [3.05, 3.63) is 60.2 Å². The van der Waals surface area contributed by atoms with E-state index in [4.69, 9.17) is 4.74 Å². The molecule has 25 heavy (non-hydrogen) atoms. The maximum absolute atomic E-state index is 12.4. The van der Waals surface area contributed by atoms with Gasteiger partial charge in [-0.15, -0.1) is 13.2 Å². The number of amides is 1. The van der Waals surface area contributed by atoms with E-state index in [0.29, 0.717) is 5.75 Å². The lowest BCUT2D eigenvalue weighted by molar-refractivity contribution is -0.275. The topological polar surface area (TPSA) is 38.8 Å². The quantitative estimate of drug-likeness (QED) is 0.755. The average molecular weight is 353 g/mol. The zero-order chi connectivity index (χ0) is 18.3. The number of para-hydroxylation sites is 2. The normalized spacial score (nSPS) is 11.0. The number of rotatable bonds is 7. The molecule has 1 amide bonds. The summed E-state index contributed by atoms with van der Waals surface area (Å²) in [7, 11) is 1.52. The summed E-state index contributed by atoms with van der Waals surface area (Å²) in [5.41, 5.74) is 0.277. The molecule has 0 spiro atoms.